The number of hydrogen-bond donors (Lipinski definition) is 1. The van der Waals surface area contributed by atoms with Crippen molar-refractivity contribution >= 4 is 11.6 Å². The summed E-state index contributed by atoms with van der Waals surface area (Å²) in [6, 6.07) is 5.71. The summed E-state index contributed by atoms with van der Waals surface area (Å²) in [6.07, 6.45) is 1.11. The molecular weight excluding hydrogens is 256 g/mol. The molecule has 0 aromatic heterocycles. The average molecular weight is 278 g/mol. The summed E-state index contributed by atoms with van der Waals surface area (Å²) in [6.45, 7) is 4.14. The van der Waals surface area contributed by atoms with Crippen molar-refractivity contribution < 1.29 is 14.7 Å². The zero-order valence-corrected chi connectivity index (χ0v) is 12.5. The van der Waals surface area contributed by atoms with E-state index in [1.54, 1.807) is 25.9 Å². The van der Waals surface area contributed by atoms with Gasteiger partial charge in [-0.05, 0) is 32.4 Å². The van der Waals surface area contributed by atoms with Gasteiger partial charge in [-0.1, -0.05) is 16.8 Å². The van der Waals surface area contributed by atoms with E-state index >= 15 is 0 Å². The number of carbonyl (C=O) groups excluding carboxylic acids is 1. The molecule has 1 amide bonds. The van der Waals surface area contributed by atoms with Gasteiger partial charge in [-0.2, -0.15) is 0 Å². The van der Waals surface area contributed by atoms with Crippen LogP contribution in [0.15, 0.2) is 23.4 Å². The maximum absolute atomic E-state index is 11.4. The Morgan fingerprint density at radius 2 is 2.10 bits per heavy atom. The molecule has 0 aliphatic heterocycles. The predicted octanol–water partition coefficient (Wildman–Crippen LogP) is 2.44. The van der Waals surface area contributed by atoms with Crippen molar-refractivity contribution in [2.45, 2.75) is 26.7 Å². The quantitative estimate of drug-likeness (QED) is 0.376. The lowest BCUT2D eigenvalue weighted by Gasteiger charge is -2.13. The Morgan fingerprint density at radius 1 is 1.40 bits per heavy atom. The van der Waals surface area contributed by atoms with Crippen LogP contribution in [0.1, 0.15) is 30.9 Å². The molecule has 1 N–H and O–H groups in total. The lowest BCUT2D eigenvalue weighted by atomic mass is 10.1. The van der Waals surface area contributed by atoms with Crippen molar-refractivity contribution in [3.05, 3.63) is 29.3 Å². The maximum atomic E-state index is 11.4. The summed E-state index contributed by atoms with van der Waals surface area (Å²) < 4.78 is 5.68. The molecule has 1 aromatic rings. The fourth-order valence-electron chi connectivity index (χ4n) is 1.74. The third-order valence-electron chi connectivity index (χ3n) is 2.97. The first kappa shape index (κ1) is 16.0. The zero-order chi connectivity index (χ0) is 15.1. The fourth-order valence-corrected chi connectivity index (χ4v) is 1.74. The molecule has 1 aromatic carbocycles. The van der Waals surface area contributed by atoms with Crippen molar-refractivity contribution in [3.8, 4) is 5.75 Å². The number of oxime groups is 1. The van der Waals surface area contributed by atoms with Crippen molar-refractivity contribution in [2.75, 3.05) is 20.7 Å². The second-order valence-corrected chi connectivity index (χ2v) is 4.93. The summed E-state index contributed by atoms with van der Waals surface area (Å²) in [4.78, 5) is 13.0. The molecule has 0 atom stereocenters. The SMILES string of the molecule is CC(=NO)c1cc(C)ccc1OCCCC(=O)N(C)C. The Labute approximate surface area is 119 Å². The smallest absolute Gasteiger partial charge is 0.222 e. The molecule has 0 bridgehead atoms. The minimum Gasteiger partial charge on any atom is -0.493 e. The number of aryl methyl sites for hydroxylation is 1. The largest absolute Gasteiger partial charge is 0.493 e. The van der Waals surface area contributed by atoms with Crippen LogP contribution in [0.4, 0.5) is 0 Å². The standard InChI is InChI=1S/C15H22N2O3/c1-11-7-8-14(13(10-11)12(2)16-19)20-9-5-6-15(18)17(3)4/h7-8,10,19H,5-6,9H2,1-4H3. The minimum absolute atomic E-state index is 0.0887. The van der Waals surface area contributed by atoms with Gasteiger partial charge >= 0.3 is 0 Å². The van der Waals surface area contributed by atoms with Crippen LogP contribution in [-0.2, 0) is 4.79 Å². The molecule has 0 spiro atoms. The van der Waals surface area contributed by atoms with Crippen molar-refractivity contribution in [1.82, 2.24) is 4.90 Å². The van der Waals surface area contributed by atoms with E-state index in [9.17, 15) is 4.79 Å². The van der Waals surface area contributed by atoms with Crippen molar-refractivity contribution in [2.24, 2.45) is 5.16 Å². The number of benzene rings is 1. The summed E-state index contributed by atoms with van der Waals surface area (Å²) in [5.41, 5.74) is 2.35. The number of carbonyl (C=O) groups is 1. The van der Waals surface area contributed by atoms with E-state index in [1.807, 2.05) is 25.1 Å². The van der Waals surface area contributed by atoms with Gasteiger partial charge in [0.05, 0.1) is 12.3 Å². The summed E-state index contributed by atoms with van der Waals surface area (Å²) in [7, 11) is 3.48. The second kappa shape index (κ2) is 7.53. The number of nitrogens with zero attached hydrogens (tertiary/aromatic N) is 2. The summed E-state index contributed by atoms with van der Waals surface area (Å²) >= 11 is 0. The van der Waals surface area contributed by atoms with Crippen LogP contribution in [0.25, 0.3) is 0 Å². The Hall–Kier alpha value is -2.04. The molecule has 20 heavy (non-hydrogen) atoms. The number of hydrogen-bond acceptors (Lipinski definition) is 4. The third-order valence-corrected chi connectivity index (χ3v) is 2.97. The van der Waals surface area contributed by atoms with Crippen molar-refractivity contribution in [1.29, 1.82) is 0 Å². The van der Waals surface area contributed by atoms with E-state index in [1.165, 1.54) is 0 Å². The Balaban J connectivity index is 2.62. The Bertz CT molecular complexity index is 496. The molecule has 0 radical (unpaired) electrons. The topological polar surface area (TPSA) is 62.1 Å². The highest BCUT2D eigenvalue weighted by molar-refractivity contribution is 6.00. The van der Waals surface area contributed by atoms with E-state index in [0.717, 1.165) is 11.1 Å². The van der Waals surface area contributed by atoms with Crippen molar-refractivity contribution in [3.63, 3.8) is 0 Å². The van der Waals surface area contributed by atoms with Gasteiger partial charge in [0.15, 0.2) is 0 Å². The van der Waals surface area contributed by atoms with Gasteiger partial charge in [0.25, 0.3) is 0 Å². The summed E-state index contributed by atoms with van der Waals surface area (Å²) in [5.74, 6) is 0.758. The van der Waals surface area contributed by atoms with Gasteiger partial charge in [0.1, 0.15) is 5.75 Å². The molecular formula is C15H22N2O3. The van der Waals surface area contributed by atoms with Crippen LogP contribution >= 0.6 is 0 Å². The molecule has 0 aliphatic carbocycles. The van der Waals surface area contributed by atoms with E-state index in [-0.39, 0.29) is 5.91 Å². The molecule has 0 saturated carbocycles. The number of amides is 1. The summed E-state index contributed by atoms with van der Waals surface area (Å²) in [5, 5.41) is 12.1. The molecule has 0 saturated heterocycles. The molecule has 110 valence electrons. The molecule has 0 unspecified atom stereocenters. The first-order chi connectivity index (χ1) is 9.45. The monoisotopic (exact) mass is 278 g/mol. The van der Waals surface area contributed by atoms with Gasteiger partial charge < -0.3 is 14.8 Å². The first-order valence-electron chi connectivity index (χ1n) is 6.58. The highest BCUT2D eigenvalue weighted by Gasteiger charge is 2.09. The Morgan fingerprint density at radius 3 is 2.70 bits per heavy atom. The van der Waals surface area contributed by atoms with E-state index < -0.39 is 0 Å². The minimum atomic E-state index is 0.0887. The number of rotatable bonds is 6. The van der Waals surface area contributed by atoms with E-state index in [2.05, 4.69) is 5.16 Å². The van der Waals surface area contributed by atoms with Gasteiger partial charge in [0, 0.05) is 26.1 Å². The predicted molar refractivity (Wildman–Crippen MR) is 78.6 cm³/mol. The second-order valence-electron chi connectivity index (χ2n) is 4.93. The van der Waals surface area contributed by atoms with Gasteiger partial charge in [-0.15, -0.1) is 0 Å². The molecule has 0 heterocycles. The molecule has 0 fully saturated rings. The average Bonchev–Trinajstić information content (AvgIpc) is 2.43. The zero-order valence-electron chi connectivity index (χ0n) is 12.5. The fraction of sp³-hybridized carbons (Fsp3) is 0.467. The molecule has 1 rings (SSSR count). The van der Waals surface area contributed by atoms with E-state index in [4.69, 9.17) is 9.94 Å². The number of ether oxygens (including phenoxy) is 1. The third kappa shape index (κ3) is 4.57. The van der Waals surface area contributed by atoms with Crippen LogP contribution in [0.2, 0.25) is 0 Å². The molecule has 5 heteroatoms. The van der Waals surface area contributed by atoms with Crippen LogP contribution in [0.3, 0.4) is 0 Å². The highest BCUT2D eigenvalue weighted by Crippen LogP contribution is 2.21. The van der Waals surface area contributed by atoms with Crippen LogP contribution in [0.5, 0.6) is 5.75 Å². The van der Waals surface area contributed by atoms with Crippen LogP contribution < -0.4 is 4.74 Å². The first-order valence-corrected chi connectivity index (χ1v) is 6.58. The van der Waals surface area contributed by atoms with Gasteiger partial charge in [-0.3, -0.25) is 4.79 Å². The van der Waals surface area contributed by atoms with Gasteiger partial charge in [-0.25, -0.2) is 0 Å². The molecule has 0 aliphatic rings. The lowest BCUT2D eigenvalue weighted by Crippen LogP contribution is -2.21. The van der Waals surface area contributed by atoms with Crippen LogP contribution in [-0.4, -0.2) is 42.4 Å². The highest BCUT2D eigenvalue weighted by atomic mass is 16.5. The Kier molecular flexibility index (Phi) is 6.03. The molecule has 5 nitrogen and oxygen atoms in total. The lowest BCUT2D eigenvalue weighted by molar-refractivity contribution is -0.128. The van der Waals surface area contributed by atoms with Gasteiger partial charge in [0.2, 0.25) is 5.91 Å². The maximum Gasteiger partial charge on any atom is 0.222 e. The van der Waals surface area contributed by atoms with E-state index in [0.29, 0.717) is 30.9 Å². The van der Waals surface area contributed by atoms with Crippen LogP contribution in [0, 0.1) is 6.92 Å². The normalized spacial score (nSPS) is 11.3.